The number of likely N-dealkylation sites (N-methyl/N-ethyl adjacent to an activating group) is 1. The molecule has 45 heavy (non-hydrogen) atoms. The van der Waals surface area contributed by atoms with E-state index >= 15 is 8.78 Å². The van der Waals surface area contributed by atoms with Crippen molar-refractivity contribution in [3.63, 3.8) is 0 Å². The van der Waals surface area contributed by atoms with E-state index in [1.165, 1.54) is 6.07 Å². The van der Waals surface area contributed by atoms with Gasteiger partial charge < -0.3 is 15.0 Å². The summed E-state index contributed by atoms with van der Waals surface area (Å²) in [6.45, 7) is 6.57. The molecule has 4 bridgehead atoms. The van der Waals surface area contributed by atoms with Crippen molar-refractivity contribution >= 4 is 12.2 Å². The van der Waals surface area contributed by atoms with Gasteiger partial charge in [0.15, 0.2) is 0 Å². The molecule has 6 nitrogen and oxygen atoms in total. The number of ether oxygens (including phenoxy) is 1. The van der Waals surface area contributed by atoms with Crippen molar-refractivity contribution < 1.29 is 27.5 Å². The van der Waals surface area contributed by atoms with Gasteiger partial charge in [-0.3, -0.25) is 14.5 Å². The van der Waals surface area contributed by atoms with Crippen molar-refractivity contribution in [1.82, 2.24) is 15.1 Å². The first-order valence-electron chi connectivity index (χ1n) is 15.0. The number of hydrogen-bond donors (Lipinski definition) is 1. The van der Waals surface area contributed by atoms with Crippen molar-refractivity contribution in [3.05, 3.63) is 111 Å². The molecule has 0 spiro atoms. The van der Waals surface area contributed by atoms with Crippen LogP contribution >= 0.6 is 0 Å². The fourth-order valence-electron chi connectivity index (χ4n) is 5.94. The van der Waals surface area contributed by atoms with Gasteiger partial charge in [-0.15, -0.1) is 0 Å². The van der Waals surface area contributed by atoms with Crippen LogP contribution in [0.4, 0.5) is 13.2 Å². The second-order valence-electron chi connectivity index (χ2n) is 12.0. The Kier molecular flexibility index (Phi) is 9.77. The minimum Gasteiger partial charge on any atom is -0.488 e. The first-order valence-corrected chi connectivity index (χ1v) is 15.0. The largest absolute Gasteiger partial charge is 0.488 e. The van der Waals surface area contributed by atoms with Crippen LogP contribution in [-0.2, 0) is 22.7 Å². The molecule has 2 aliphatic rings. The summed E-state index contributed by atoms with van der Waals surface area (Å²) >= 11 is 0. The second kappa shape index (κ2) is 13.7. The third-order valence-corrected chi connectivity index (χ3v) is 8.31. The number of nitrogens with zero attached hydrogens (tertiary/aromatic N) is 2. The number of hydrogen-bond acceptors (Lipinski definition) is 5. The second-order valence-corrected chi connectivity index (χ2v) is 12.0. The van der Waals surface area contributed by atoms with Gasteiger partial charge in [0.05, 0.1) is 0 Å². The first kappa shape index (κ1) is 32.0. The van der Waals surface area contributed by atoms with E-state index in [4.69, 9.17) is 4.74 Å². The number of allylic oxidation sites excluding steroid dienone is 2. The third kappa shape index (κ3) is 7.31. The van der Waals surface area contributed by atoms with Crippen molar-refractivity contribution in [1.29, 1.82) is 0 Å². The molecule has 2 aliphatic heterocycles. The molecule has 1 N–H and O–H groups in total. The normalized spacial score (nSPS) is 17.8. The fourth-order valence-corrected chi connectivity index (χ4v) is 5.94. The first-order chi connectivity index (χ1) is 21.5. The molecule has 3 aromatic rings. The van der Waals surface area contributed by atoms with Crippen LogP contribution in [0.1, 0.15) is 47.2 Å². The molecule has 0 radical (unpaired) electrons. The number of aryl methyl sites for hydroxylation is 2. The van der Waals surface area contributed by atoms with Crippen molar-refractivity contribution in [2.24, 2.45) is 0 Å². The Bertz CT molecular complexity index is 1660. The Balaban J connectivity index is 1.56. The Morgan fingerprint density at radius 2 is 1.89 bits per heavy atom. The number of fused-ring (bicyclic) bond motifs is 6. The van der Waals surface area contributed by atoms with Gasteiger partial charge in [0.2, 0.25) is 5.91 Å². The number of rotatable bonds is 7. The SMILES string of the molecule is C/C(C=O)=C/C(=C\N(C)C1C(=O)NCc2cc(cc(C)c2F)-c2c(C)cccc2OCc2ccc(F)c1c2)CCN1CC(F)C1. The molecule has 1 unspecified atom stereocenters. The number of benzene rings is 3. The van der Waals surface area contributed by atoms with Crippen LogP contribution in [-0.4, -0.2) is 54.8 Å². The van der Waals surface area contributed by atoms with Crippen LogP contribution in [0.5, 0.6) is 5.75 Å². The highest BCUT2D eigenvalue weighted by Gasteiger charge is 2.29. The molecule has 1 fully saturated rings. The summed E-state index contributed by atoms with van der Waals surface area (Å²) in [5.41, 5.74) is 5.24. The van der Waals surface area contributed by atoms with Crippen LogP contribution in [0.25, 0.3) is 11.1 Å². The molecule has 1 amide bonds. The number of aldehydes is 1. The lowest BCUT2D eigenvalue weighted by Crippen LogP contribution is -2.48. The number of likely N-dealkylation sites (tertiary alicyclic amines) is 1. The summed E-state index contributed by atoms with van der Waals surface area (Å²) < 4.78 is 50.6. The standard InChI is InChI=1S/C36H38F3N3O3/c1-22(20-43)12-25(10-11-42-18-29(37)19-42)17-41(4)35-30-14-26(8-9-31(30)38)21-45-32-7-5-6-23(2)33(32)27-13-24(3)34(39)28(15-27)16-40-36(35)44/h5-9,12-15,17,20,29,35H,10-11,16,18-19,21H2,1-4H3,(H,40,44)/b22-12-,25-17-. The Labute approximate surface area is 262 Å². The summed E-state index contributed by atoms with van der Waals surface area (Å²) in [4.78, 5) is 28.9. The smallest absolute Gasteiger partial charge is 0.247 e. The summed E-state index contributed by atoms with van der Waals surface area (Å²) in [6.07, 6.45) is 3.80. The number of alkyl halides is 1. The van der Waals surface area contributed by atoms with E-state index in [0.717, 1.165) is 28.5 Å². The van der Waals surface area contributed by atoms with Crippen molar-refractivity contribution in [3.8, 4) is 16.9 Å². The molecule has 0 aromatic heterocycles. The number of amides is 1. The Hall–Kier alpha value is -4.37. The fraction of sp³-hybridized carbons (Fsp3) is 0.333. The van der Waals surface area contributed by atoms with E-state index in [1.54, 1.807) is 62.3 Å². The molecule has 0 aliphatic carbocycles. The van der Waals surface area contributed by atoms with Gasteiger partial charge in [-0.05, 0) is 90.9 Å². The molecule has 9 heteroatoms. The summed E-state index contributed by atoms with van der Waals surface area (Å²) in [7, 11) is 1.66. The highest BCUT2D eigenvalue weighted by molar-refractivity contribution is 5.84. The van der Waals surface area contributed by atoms with Gasteiger partial charge in [0.1, 0.15) is 42.5 Å². The van der Waals surface area contributed by atoms with Crippen LogP contribution in [0.2, 0.25) is 0 Å². The van der Waals surface area contributed by atoms with Crippen LogP contribution in [0.3, 0.4) is 0 Å². The molecule has 2 heterocycles. The quantitative estimate of drug-likeness (QED) is 0.186. The number of carbonyl (C=O) groups excluding carboxylic acids is 2. The van der Waals surface area contributed by atoms with Crippen LogP contribution in [0, 0.1) is 25.5 Å². The Morgan fingerprint density at radius 1 is 1.11 bits per heavy atom. The maximum absolute atomic E-state index is 15.6. The number of carbonyl (C=O) groups is 2. The lowest BCUT2D eigenvalue weighted by molar-refractivity contribution is -0.125. The van der Waals surface area contributed by atoms with Crippen LogP contribution < -0.4 is 10.1 Å². The molecule has 1 atom stereocenters. The van der Waals surface area contributed by atoms with E-state index in [2.05, 4.69) is 5.32 Å². The molecule has 1 saturated heterocycles. The Morgan fingerprint density at radius 3 is 2.62 bits per heavy atom. The van der Waals surface area contributed by atoms with Gasteiger partial charge in [-0.1, -0.05) is 24.3 Å². The molecule has 5 rings (SSSR count). The van der Waals surface area contributed by atoms with Gasteiger partial charge in [-0.25, -0.2) is 13.2 Å². The van der Waals surface area contributed by atoms with Gasteiger partial charge in [0.25, 0.3) is 0 Å². The monoisotopic (exact) mass is 617 g/mol. The predicted molar refractivity (Wildman–Crippen MR) is 168 cm³/mol. The van der Waals surface area contributed by atoms with Crippen molar-refractivity contribution in [2.45, 2.75) is 52.6 Å². The highest BCUT2D eigenvalue weighted by atomic mass is 19.1. The number of nitrogens with one attached hydrogen (secondary N) is 1. The third-order valence-electron chi connectivity index (χ3n) is 8.31. The van der Waals surface area contributed by atoms with E-state index in [1.807, 2.05) is 30.0 Å². The summed E-state index contributed by atoms with van der Waals surface area (Å²) in [5, 5.41) is 2.85. The average molecular weight is 618 g/mol. The van der Waals surface area contributed by atoms with E-state index in [9.17, 15) is 14.0 Å². The van der Waals surface area contributed by atoms with E-state index in [0.29, 0.717) is 54.1 Å². The van der Waals surface area contributed by atoms with Gasteiger partial charge in [0, 0.05) is 56.1 Å². The van der Waals surface area contributed by atoms with Gasteiger partial charge >= 0.3 is 0 Å². The minimum absolute atomic E-state index is 0.114. The molecule has 3 aromatic carbocycles. The zero-order valence-corrected chi connectivity index (χ0v) is 26.0. The van der Waals surface area contributed by atoms with Crippen molar-refractivity contribution in [2.75, 3.05) is 26.7 Å². The van der Waals surface area contributed by atoms with Crippen LogP contribution in [0.15, 0.2) is 72.0 Å². The maximum Gasteiger partial charge on any atom is 0.247 e. The lowest BCUT2D eigenvalue weighted by Gasteiger charge is -2.34. The molecular weight excluding hydrogens is 579 g/mol. The summed E-state index contributed by atoms with van der Waals surface area (Å²) in [5.74, 6) is -0.931. The highest BCUT2D eigenvalue weighted by Crippen LogP contribution is 2.36. The zero-order valence-electron chi connectivity index (χ0n) is 26.0. The average Bonchev–Trinajstić information content (AvgIpc) is 2.99. The predicted octanol–water partition coefficient (Wildman–Crippen LogP) is 6.50. The topological polar surface area (TPSA) is 61.9 Å². The van der Waals surface area contributed by atoms with Gasteiger partial charge in [-0.2, -0.15) is 0 Å². The summed E-state index contributed by atoms with van der Waals surface area (Å²) in [6, 6.07) is 12.6. The lowest BCUT2D eigenvalue weighted by atomic mass is 9.95. The molecule has 0 saturated carbocycles. The molecule has 236 valence electrons. The maximum atomic E-state index is 15.6. The zero-order chi connectivity index (χ0) is 32.2. The van der Waals surface area contributed by atoms with E-state index < -0.39 is 29.8 Å². The van der Waals surface area contributed by atoms with E-state index in [-0.39, 0.29) is 18.7 Å². The molecular formula is C36H38F3N3O3. The minimum atomic E-state index is -1.13. The number of halogens is 3.